The van der Waals surface area contributed by atoms with Crippen LogP contribution in [-0.4, -0.2) is 38.5 Å². The van der Waals surface area contributed by atoms with Crippen LogP contribution in [0.2, 0.25) is 0 Å². The lowest BCUT2D eigenvalue weighted by atomic mass is 10.2. The molecule has 2 heterocycles. The molecular formula is C11H10N2O4. The Balaban J connectivity index is 2.13. The third kappa shape index (κ3) is 2.10. The number of pyridine rings is 1. The largest absolute Gasteiger partial charge is 0.503 e. The summed E-state index contributed by atoms with van der Waals surface area (Å²) in [7, 11) is 0. The smallest absolute Gasteiger partial charge is 0.337 e. The van der Waals surface area contributed by atoms with E-state index in [2.05, 4.69) is 4.98 Å². The van der Waals surface area contributed by atoms with Gasteiger partial charge in [-0.05, 0) is 17.7 Å². The number of hydrogen-bond acceptors (Lipinski definition) is 4. The molecule has 2 rings (SSSR count). The fourth-order valence-electron chi connectivity index (χ4n) is 1.62. The summed E-state index contributed by atoms with van der Waals surface area (Å²) in [6, 6.07) is 3.45. The lowest BCUT2D eigenvalue weighted by Gasteiger charge is -2.15. The second-order valence-corrected chi connectivity index (χ2v) is 3.65. The van der Waals surface area contributed by atoms with Crippen molar-refractivity contribution in [1.29, 1.82) is 0 Å². The minimum atomic E-state index is -1.27. The molecule has 6 nitrogen and oxygen atoms in total. The monoisotopic (exact) mass is 234 g/mol. The van der Waals surface area contributed by atoms with Gasteiger partial charge < -0.3 is 15.1 Å². The van der Waals surface area contributed by atoms with Gasteiger partial charge in [0.1, 0.15) is 5.57 Å². The van der Waals surface area contributed by atoms with Gasteiger partial charge in [-0.2, -0.15) is 0 Å². The van der Waals surface area contributed by atoms with Crippen LogP contribution in [0.15, 0.2) is 35.9 Å². The van der Waals surface area contributed by atoms with Crippen LogP contribution in [0.1, 0.15) is 5.56 Å². The minimum absolute atomic E-state index is 0.0810. The highest BCUT2D eigenvalue weighted by Crippen LogP contribution is 2.19. The Labute approximate surface area is 96.8 Å². The van der Waals surface area contributed by atoms with Gasteiger partial charge in [0.15, 0.2) is 5.76 Å². The molecule has 2 N–H and O–H groups in total. The average molecular weight is 234 g/mol. The minimum Gasteiger partial charge on any atom is -0.503 e. The summed E-state index contributed by atoms with van der Waals surface area (Å²) in [5.41, 5.74) is 0.567. The van der Waals surface area contributed by atoms with Crippen molar-refractivity contribution in [1.82, 2.24) is 9.88 Å². The molecule has 0 bridgehead atoms. The zero-order valence-electron chi connectivity index (χ0n) is 8.83. The fraction of sp³-hybridized carbons (Fsp3) is 0.182. The molecule has 1 aliphatic heterocycles. The van der Waals surface area contributed by atoms with E-state index in [1.165, 1.54) is 4.90 Å². The van der Waals surface area contributed by atoms with Crippen molar-refractivity contribution in [3.63, 3.8) is 0 Å². The molecule has 88 valence electrons. The van der Waals surface area contributed by atoms with Gasteiger partial charge in [-0.25, -0.2) is 4.79 Å². The summed E-state index contributed by atoms with van der Waals surface area (Å²) in [6.07, 6.45) is 3.17. The number of aliphatic carboxylic acids is 1. The maximum absolute atomic E-state index is 11.6. The molecule has 0 radical (unpaired) electrons. The zero-order valence-corrected chi connectivity index (χ0v) is 8.83. The number of aromatic nitrogens is 1. The van der Waals surface area contributed by atoms with Crippen LogP contribution in [0, 0.1) is 0 Å². The molecular weight excluding hydrogens is 224 g/mol. The Morgan fingerprint density at radius 2 is 2.06 bits per heavy atom. The summed E-state index contributed by atoms with van der Waals surface area (Å²) < 4.78 is 0. The maximum Gasteiger partial charge on any atom is 0.337 e. The first-order valence-electron chi connectivity index (χ1n) is 4.93. The van der Waals surface area contributed by atoms with Crippen molar-refractivity contribution in [3.05, 3.63) is 41.4 Å². The lowest BCUT2D eigenvalue weighted by molar-refractivity contribution is -0.133. The lowest BCUT2D eigenvalue weighted by Crippen LogP contribution is -2.27. The highest BCUT2D eigenvalue weighted by Gasteiger charge is 2.33. The third-order valence-corrected chi connectivity index (χ3v) is 2.51. The van der Waals surface area contributed by atoms with E-state index in [4.69, 9.17) is 5.11 Å². The van der Waals surface area contributed by atoms with E-state index in [0.29, 0.717) is 0 Å². The Kier molecular flexibility index (Phi) is 2.78. The van der Waals surface area contributed by atoms with Gasteiger partial charge >= 0.3 is 5.97 Å². The van der Waals surface area contributed by atoms with Crippen molar-refractivity contribution in [2.24, 2.45) is 0 Å². The van der Waals surface area contributed by atoms with Gasteiger partial charge in [0.25, 0.3) is 5.91 Å². The first-order valence-corrected chi connectivity index (χ1v) is 4.93. The molecule has 0 saturated heterocycles. The molecule has 0 atom stereocenters. The normalized spacial score (nSPS) is 15.5. The van der Waals surface area contributed by atoms with E-state index in [1.54, 1.807) is 24.5 Å². The van der Waals surface area contributed by atoms with Gasteiger partial charge in [-0.1, -0.05) is 0 Å². The topological polar surface area (TPSA) is 90.7 Å². The summed E-state index contributed by atoms with van der Waals surface area (Å²) in [5.74, 6) is -2.60. The van der Waals surface area contributed by atoms with E-state index in [-0.39, 0.29) is 18.7 Å². The van der Waals surface area contributed by atoms with Crippen LogP contribution in [0.3, 0.4) is 0 Å². The molecule has 1 aromatic heterocycles. The van der Waals surface area contributed by atoms with E-state index >= 15 is 0 Å². The van der Waals surface area contributed by atoms with E-state index < -0.39 is 17.6 Å². The molecule has 1 amide bonds. The van der Waals surface area contributed by atoms with Gasteiger partial charge in [0.05, 0.1) is 6.54 Å². The Morgan fingerprint density at radius 3 is 2.59 bits per heavy atom. The number of amides is 1. The first kappa shape index (κ1) is 11.1. The molecule has 0 fully saturated rings. The quantitative estimate of drug-likeness (QED) is 0.786. The summed E-state index contributed by atoms with van der Waals surface area (Å²) >= 11 is 0. The summed E-state index contributed by atoms with van der Waals surface area (Å²) in [4.78, 5) is 27.4. The van der Waals surface area contributed by atoms with Gasteiger partial charge in [0, 0.05) is 18.9 Å². The van der Waals surface area contributed by atoms with E-state index in [0.717, 1.165) is 5.56 Å². The molecule has 0 aliphatic carbocycles. The highest BCUT2D eigenvalue weighted by atomic mass is 16.4. The van der Waals surface area contributed by atoms with E-state index in [1.807, 2.05) is 0 Å². The van der Waals surface area contributed by atoms with Crippen molar-refractivity contribution in [3.8, 4) is 0 Å². The number of aliphatic hydroxyl groups excluding tert-OH is 1. The summed E-state index contributed by atoms with van der Waals surface area (Å²) in [6.45, 7) is 0.171. The fourth-order valence-corrected chi connectivity index (χ4v) is 1.62. The van der Waals surface area contributed by atoms with Crippen molar-refractivity contribution in [2.45, 2.75) is 6.54 Å². The van der Waals surface area contributed by atoms with Gasteiger partial charge in [-0.3, -0.25) is 9.78 Å². The number of carboxylic acids is 1. The van der Waals surface area contributed by atoms with Crippen LogP contribution in [0.5, 0.6) is 0 Å². The Hall–Kier alpha value is -2.37. The molecule has 0 aromatic carbocycles. The average Bonchev–Trinajstić information content (AvgIpc) is 2.59. The highest BCUT2D eigenvalue weighted by molar-refractivity contribution is 6.04. The van der Waals surface area contributed by atoms with Crippen LogP contribution < -0.4 is 0 Å². The van der Waals surface area contributed by atoms with Crippen molar-refractivity contribution < 1.29 is 19.8 Å². The van der Waals surface area contributed by atoms with Gasteiger partial charge in [-0.15, -0.1) is 0 Å². The molecule has 0 unspecified atom stereocenters. The predicted octanol–water partition coefficient (Wildman–Crippen LogP) is 0.320. The van der Waals surface area contributed by atoms with Crippen LogP contribution in [0.25, 0.3) is 0 Å². The standard InChI is InChI=1S/C11H10N2O4/c14-9-8(11(16)17)6-13(10(9)15)5-7-1-3-12-4-2-7/h1-4,14H,5-6H2,(H,16,17). The maximum atomic E-state index is 11.6. The molecule has 1 aliphatic rings. The molecule has 0 saturated carbocycles. The number of carboxylic acid groups (broad SMARTS) is 1. The van der Waals surface area contributed by atoms with Crippen molar-refractivity contribution in [2.75, 3.05) is 6.54 Å². The molecule has 6 heteroatoms. The Bertz CT molecular complexity index is 495. The third-order valence-electron chi connectivity index (χ3n) is 2.51. The predicted molar refractivity (Wildman–Crippen MR) is 56.9 cm³/mol. The number of rotatable bonds is 3. The zero-order chi connectivity index (χ0) is 12.4. The molecule has 1 aromatic rings. The summed E-state index contributed by atoms with van der Waals surface area (Å²) in [5, 5.41) is 18.2. The van der Waals surface area contributed by atoms with Crippen LogP contribution in [0.4, 0.5) is 0 Å². The van der Waals surface area contributed by atoms with Gasteiger partial charge in [0.2, 0.25) is 0 Å². The first-order chi connectivity index (χ1) is 8.09. The number of carbonyl (C=O) groups excluding carboxylic acids is 1. The number of nitrogens with zero attached hydrogens (tertiary/aromatic N) is 2. The second kappa shape index (κ2) is 4.25. The SMILES string of the molecule is O=C(O)C1=C(O)C(=O)N(Cc2ccncc2)C1. The molecule has 0 spiro atoms. The van der Waals surface area contributed by atoms with Crippen LogP contribution in [-0.2, 0) is 16.1 Å². The number of hydrogen-bond donors (Lipinski definition) is 2. The molecule has 17 heavy (non-hydrogen) atoms. The second-order valence-electron chi connectivity index (χ2n) is 3.65. The number of carbonyl (C=O) groups is 2. The van der Waals surface area contributed by atoms with E-state index in [9.17, 15) is 14.7 Å². The number of aliphatic hydroxyl groups is 1. The van der Waals surface area contributed by atoms with Crippen molar-refractivity contribution >= 4 is 11.9 Å². The Morgan fingerprint density at radius 1 is 1.41 bits per heavy atom. The van der Waals surface area contributed by atoms with Crippen LogP contribution >= 0.6 is 0 Å².